The summed E-state index contributed by atoms with van der Waals surface area (Å²) >= 11 is 1.71. The maximum atomic E-state index is 11.0. The highest BCUT2D eigenvalue weighted by atomic mass is 32.2. The highest BCUT2D eigenvalue weighted by molar-refractivity contribution is 7.99. The third kappa shape index (κ3) is 5.72. The van der Waals surface area contributed by atoms with Crippen LogP contribution in [0.5, 0.6) is 0 Å². The van der Waals surface area contributed by atoms with Crippen molar-refractivity contribution < 1.29 is 19.4 Å². The lowest BCUT2D eigenvalue weighted by atomic mass is 10.3. The number of carboxylic acids is 1. The Bertz CT molecular complexity index is 228. The van der Waals surface area contributed by atoms with Gasteiger partial charge in [-0.3, -0.25) is 9.69 Å². The summed E-state index contributed by atoms with van der Waals surface area (Å²) in [6, 6.07) is -0.351. The average molecular weight is 263 g/mol. The first kappa shape index (κ1) is 14.8. The number of aliphatic carboxylic acids is 1. The number of rotatable bonds is 8. The monoisotopic (exact) mass is 263 g/mol. The van der Waals surface area contributed by atoms with E-state index in [0.29, 0.717) is 32.1 Å². The number of methoxy groups -OCH3 is 1. The molecule has 1 N–H and O–H groups in total. The number of thioether (sulfide) groups is 1. The van der Waals surface area contributed by atoms with E-state index in [-0.39, 0.29) is 6.04 Å². The van der Waals surface area contributed by atoms with Crippen LogP contribution in [-0.2, 0) is 14.3 Å². The van der Waals surface area contributed by atoms with Gasteiger partial charge in [0, 0.05) is 44.9 Å². The van der Waals surface area contributed by atoms with Gasteiger partial charge in [-0.05, 0) is 6.42 Å². The Balaban J connectivity index is 2.13. The van der Waals surface area contributed by atoms with Gasteiger partial charge >= 0.3 is 5.97 Å². The van der Waals surface area contributed by atoms with Crippen molar-refractivity contribution in [2.75, 3.05) is 51.5 Å². The second-order valence-electron chi connectivity index (χ2n) is 3.92. The predicted molar refractivity (Wildman–Crippen MR) is 67.6 cm³/mol. The van der Waals surface area contributed by atoms with Crippen molar-refractivity contribution >= 4 is 17.7 Å². The van der Waals surface area contributed by atoms with Crippen molar-refractivity contribution in [2.24, 2.45) is 0 Å². The van der Waals surface area contributed by atoms with Crippen molar-refractivity contribution in [3.8, 4) is 0 Å². The summed E-state index contributed by atoms with van der Waals surface area (Å²) < 4.78 is 10.4. The first-order valence-electron chi connectivity index (χ1n) is 5.87. The van der Waals surface area contributed by atoms with Gasteiger partial charge in [-0.15, -0.1) is 0 Å². The second-order valence-corrected chi connectivity index (χ2v) is 5.07. The molecule has 1 heterocycles. The molecule has 17 heavy (non-hydrogen) atoms. The topological polar surface area (TPSA) is 59.0 Å². The highest BCUT2D eigenvalue weighted by Crippen LogP contribution is 2.16. The molecule has 1 saturated heterocycles. The van der Waals surface area contributed by atoms with E-state index in [1.54, 1.807) is 18.9 Å². The van der Waals surface area contributed by atoms with Gasteiger partial charge < -0.3 is 14.6 Å². The van der Waals surface area contributed by atoms with Crippen LogP contribution in [0, 0.1) is 0 Å². The smallest absolute Gasteiger partial charge is 0.321 e. The van der Waals surface area contributed by atoms with Crippen molar-refractivity contribution in [2.45, 2.75) is 12.5 Å². The lowest BCUT2D eigenvalue weighted by Crippen LogP contribution is -2.48. The zero-order valence-electron chi connectivity index (χ0n) is 10.3. The molecular formula is C11H21NO4S. The minimum atomic E-state index is -0.725. The van der Waals surface area contributed by atoms with E-state index in [4.69, 9.17) is 14.6 Å². The van der Waals surface area contributed by atoms with E-state index in [2.05, 4.69) is 0 Å². The Kier molecular flexibility index (Phi) is 7.59. The van der Waals surface area contributed by atoms with E-state index < -0.39 is 5.97 Å². The van der Waals surface area contributed by atoms with Crippen LogP contribution in [0.1, 0.15) is 6.42 Å². The number of carbonyl (C=O) groups is 1. The normalized spacial score (nSPS) is 21.6. The molecule has 1 fully saturated rings. The molecule has 1 aliphatic rings. The molecule has 1 rings (SSSR count). The van der Waals surface area contributed by atoms with Crippen LogP contribution in [0.4, 0.5) is 0 Å². The Morgan fingerprint density at radius 3 is 3.00 bits per heavy atom. The number of ether oxygens (including phenoxy) is 2. The summed E-state index contributed by atoms with van der Waals surface area (Å²) in [5.74, 6) is 0.962. The summed E-state index contributed by atoms with van der Waals surface area (Å²) in [6.45, 7) is 3.51. The Labute approximate surface area is 106 Å². The summed E-state index contributed by atoms with van der Waals surface area (Å²) in [6.07, 6.45) is 0.884. The number of carboxylic acid groups (broad SMARTS) is 1. The van der Waals surface area contributed by atoms with E-state index in [1.807, 2.05) is 4.90 Å². The van der Waals surface area contributed by atoms with E-state index in [0.717, 1.165) is 18.7 Å². The van der Waals surface area contributed by atoms with Crippen molar-refractivity contribution in [3.63, 3.8) is 0 Å². The fourth-order valence-corrected chi connectivity index (χ4v) is 2.83. The van der Waals surface area contributed by atoms with Crippen LogP contribution >= 0.6 is 11.8 Å². The SMILES string of the molecule is COCCCOCCN1CCSCC1C(=O)O. The largest absolute Gasteiger partial charge is 0.480 e. The van der Waals surface area contributed by atoms with Gasteiger partial charge in [-0.2, -0.15) is 11.8 Å². The van der Waals surface area contributed by atoms with Gasteiger partial charge in [-0.25, -0.2) is 0 Å². The van der Waals surface area contributed by atoms with Crippen LogP contribution in [0.15, 0.2) is 0 Å². The predicted octanol–water partition coefficient (Wildman–Crippen LogP) is 0.542. The summed E-state index contributed by atoms with van der Waals surface area (Å²) in [5.41, 5.74) is 0. The molecule has 1 unspecified atom stereocenters. The molecule has 0 aliphatic carbocycles. The van der Waals surface area contributed by atoms with Gasteiger partial charge in [0.25, 0.3) is 0 Å². The maximum absolute atomic E-state index is 11.0. The molecule has 1 atom stereocenters. The Hall–Kier alpha value is -0.300. The minimum Gasteiger partial charge on any atom is -0.480 e. The second kappa shape index (κ2) is 8.74. The summed E-state index contributed by atoms with van der Waals surface area (Å²) in [7, 11) is 1.67. The molecule has 0 aromatic rings. The third-order valence-corrected chi connectivity index (χ3v) is 3.71. The molecule has 0 radical (unpaired) electrons. The van der Waals surface area contributed by atoms with Gasteiger partial charge in [-0.1, -0.05) is 0 Å². The molecule has 1 aliphatic heterocycles. The molecular weight excluding hydrogens is 242 g/mol. The van der Waals surface area contributed by atoms with Crippen LogP contribution in [0.3, 0.4) is 0 Å². The average Bonchev–Trinajstić information content (AvgIpc) is 2.34. The van der Waals surface area contributed by atoms with Gasteiger partial charge in [0.15, 0.2) is 0 Å². The number of hydrogen-bond donors (Lipinski definition) is 1. The fraction of sp³-hybridized carbons (Fsp3) is 0.909. The van der Waals surface area contributed by atoms with Crippen LogP contribution in [0.2, 0.25) is 0 Å². The van der Waals surface area contributed by atoms with E-state index in [1.165, 1.54) is 0 Å². The lowest BCUT2D eigenvalue weighted by Gasteiger charge is -2.32. The van der Waals surface area contributed by atoms with Crippen LogP contribution < -0.4 is 0 Å². The van der Waals surface area contributed by atoms with Crippen LogP contribution in [0.25, 0.3) is 0 Å². The third-order valence-electron chi connectivity index (χ3n) is 2.68. The molecule has 5 nitrogen and oxygen atoms in total. The van der Waals surface area contributed by atoms with Crippen LogP contribution in [-0.4, -0.2) is 73.5 Å². The first-order chi connectivity index (χ1) is 8.25. The quantitative estimate of drug-likeness (QED) is 0.645. The van der Waals surface area contributed by atoms with Crippen molar-refractivity contribution in [3.05, 3.63) is 0 Å². The lowest BCUT2D eigenvalue weighted by molar-refractivity contribution is -0.142. The van der Waals surface area contributed by atoms with Gasteiger partial charge in [0.1, 0.15) is 6.04 Å². The van der Waals surface area contributed by atoms with E-state index in [9.17, 15) is 4.79 Å². The Morgan fingerprint density at radius 2 is 2.29 bits per heavy atom. The summed E-state index contributed by atoms with van der Waals surface area (Å²) in [4.78, 5) is 13.0. The van der Waals surface area contributed by atoms with Crippen molar-refractivity contribution in [1.29, 1.82) is 0 Å². The number of nitrogens with zero attached hydrogens (tertiary/aromatic N) is 1. The van der Waals surface area contributed by atoms with Gasteiger partial charge in [0.05, 0.1) is 6.61 Å². The molecule has 0 saturated carbocycles. The van der Waals surface area contributed by atoms with Gasteiger partial charge in [0.2, 0.25) is 0 Å². The summed E-state index contributed by atoms with van der Waals surface area (Å²) in [5, 5.41) is 9.07. The molecule has 100 valence electrons. The molecule has 0 amide bonds. The molecule has 0 aromatic carbocycles. The highest BCUT2D eigenvalue weighted by Gasteiger charge is 2.28. The number of hydrogen-bond acceptors (Lipinski definition) is 5. The zero-order valence-corrected chi connectivity index (χ0v) is 11.1. The zero-order chi connectivity index (χ0) is 12.5. The fourth-order valence-electron chi connectivity index (χ4n) is 1.72. The first-order valence-corrected chi connectivity index (χ1v) is 7.02. The minimum absolute atomic E-state index is 0.351. The standard InChI is InChI=1S/C11H21NO4S/c1-15-5-2-6-16-7-3-12-4-8-17-9-10(12)11(13)14/h10H,2-9H2,1H3,(H,13,14). The van der Waals surface area contributed by atoms with Crippen molar-refractivity contribution in [1.82, 2.24) is 4.90 Å². The molecule has 0 bridgehead atoms. The molecule has 0 aromatic heterocycles. The van der Waals surface area contributed by atoms with E-state index >= 15 is 0 Å². The molecule has 6 heteroatoms. The Morgan fingerprint density at radius 1 is 1.47 bits per heavy atom. The maximum Gasteiger partial charge on any atom is 0.321 e. The molecule has 0 spiro atoms.